The first-order chi connectivity index (χ1) is 7.18. The van der Waals surface area contributed by atoms with Crippen molar-refractivity contribution in [1.29, 1.82) is 0 Å². The van der Waals surface area contributed by atoms with Gasteiger partial charge in [0.2, 0.25) is 5.89 Å². The monoisotopic (exact) mass is 222 g/mol. The summed E-state index contributed by atoms with van der Waals surface area (Å²) in [6, 6.07) is 3.87. The van der Waals surface area contributed by atoms with Gasteiger partial charge < -0.3 is 10.2 Å². The molecule has 2 aromatic rings. The van der Waals surface area contributed by atoms with Crippen LogP contribution in [0.15, 0.2) is 28.1 Å². The van der Waals surface area contributed by atoms with E-state index < -0.39 is 0 Å². The first-order valence-corrected chi connectivity index (χ1v) is 5.81. The second-order valence-electron chi connectivity index (χ2n) is 3.81. The van der Waals surface area contributed by atoms with E-state index in [1.165, 1.54) is 0 Å². The molecule has 0 spiro atoms. The maximum atomic E-state index is 5.95. The number of aromatic nitrogens is 1. The van der Waals surface area contributed by atoms with Crippen LogP contribution in [-0.2, 0) is 0 Å². The van der Waals surface area contributed by atoms with Crippen molar-refractivity contribution in [1.82, 2.24) is 4.98 Å². The molecule has 2 N–H and O–H groups in total. The first kappa shape index (κ1) is 10.4. The summed E-state index contributed by atoms with van der Waals surface area (Å²) in [5.74, 6) is 1.75. The number of thiophene rings is 1. The van der Waals surface area contributed by atoms with Crippen LogP contribution < -0.4 is 5.73 Å². The van der Waals surface area contributed by atoms with E-state index in [-0.39, 0.29) is 6.04 Å². The fraction of sp³-hybridized carbons (Fsp3) is 0.364. The Bertz CT molecular complexity index is 419. The van der Waals surface area contributed by atoms with Gasteiger partial charge in [0.15, 0.2) is 5.76 Å². The van der Waals surface area contributed by atoms with Crippen LogP contribution in [0, 0.1) is 5.92 Å². The molecule has 2 heterocycles. The molecule has 0 amide bonds. The highest BCUT2D eigenvalue weighted by molar-refractivity contribution is 7.13. The van der Waals surface area contributed by atoms with Gasteiger partial charge in [-0.2, -0.15) is 0 Å². The maximum Gasteiger partial charge on any atom is 0.212 e. The molecule has 1 atom stereocenters. The predicted molar refractivity (Wildman–Crippen MR) is 61.6 cm³/mol. The molecule has 2 aromatic heterocycles. The van der Waals surface area contributed by atoms with Crippen molar-refractivity contribution in [3.63, 3.8) is 0 Å². The van der Waals surface area contributed by atoms with Gasteiger partial charge in [-0.15, -0.1) is 11.3 Å². The van der Waals surface area contributed by atoms with Gasteiger partial charge in [0.1, 0.15) is 0 Å². The number of hydrogen-bond acceptors (Lipinski definition) is 4. The summed E-state index contributed by atoms with van der Waals surface area (Å²) in [7, 11) is 0. The van der Waals surface area contributed by atoms with Crippen molar-refractivity contribution in [2.24, 2.45) is 11.7 Å². The largest absolute Gasteiger partial charge is 0.438 e. The van der Waals surface area contributed by atoms with Crippen molar-refractivity contribution in [3.05, 3.63) is 29.6 Å². The van der Waals surface area contributed by atoms with Crippen LogP contribution in [0.5, 0.6) is 0 Å². The normalized spacial score (nSPS) is 13.3. The lowest BCUT2D eigenvalue weighted by atomic mass is 10.1. The van der Waals surface area contributed by atoms with Crippen molar-refractivity contribution in [3.8, 4) is 10.6 Å². The molecule has 15 heavy (non-hydrogen) atoms. The molecule has 0 aliphatic carbocycles. The van der Waals surface area contributed by atoms with E-state index in [1.54, 1.807) is 17.5 Å². The van der Waals surface area contributed by atoms with Crippen molar-refractivity contribution < 1.29 is 4.42 Å². The Balaban J connectivity index is 2.25. The molecule has 0 saturated heterocycles. The quantitative estimate of drug-likeness (QED) is 0.868. The zero-order valence-electron chi connectivity index (χ0n) is 8.81. The molecule has 0 aromatic carbocycles. The minimum absolute atomic E-state index is 0.126. The number of hydrogen-bond donors (Lipinski definition) is 1. The zero-order valence-corrected chi connectivity index (χ0v) is 9.62. The molecule has 0 aliphatic heterocycles. The minimum Gasteiger partial charge on any atom is -0.438 e. The number of rotatable bonds is 3. The van der Waals surface area contributed by atoms with E-state index in [1.807, 2.05) is 17.5 Å². The van der Waals surface area contributed by atoms with E-state index in [0.29, 0.717) is 11.8 Å². The van der Waals surface area contributed by atoms with Gasteiger partial charge in [-0.3, -0.25) is 0 Å². The van der Waals surface area contributed by atoms with Gasteiger partial charge in [-0.25, -0.2) is 4.98 Å². The summed E-state index contributed by atoms with van der Waals surface area (Å²) < 4.78 is 5.63. The van der Waals surface area contributed by atoms with Crippen LogP contribution in [0.1, 0.15) is 25.8 Å². The Labute approximate surface area is 92.9 Å². The molecule has 0 saturated carbocycles. The topological polar surface area (TPSA) is 52.0 Å². The smallest absolute Gasteiger partial charge is 0.212 e. The van der Waals surface area contributed by atoms with E-state index >= 15 is 0 Å². The van der Waals surface area contributed by atoms with Crippen molar-refractivity contribution in [2.75, 3.05) is 0 Å². The number of nitrogens with zero attached hydrogens (tertiary/aromatic N) is 1. The lowest BCUT2D eigenvalue weighted by Crippen LogP contribution is -2.16. The standard InChI is InChI=1S/C11H14N2OS/c1-7(2)10(12)11-13-6-8(14-11)9-4-3-5-15-9/h3-7,10H,12H2,1-2H3. The summed E-state index contributed by atoms with van der Waals surface area (Å²) in [5.41, 5.74) is 5.95. The molecule has 1 unspecified atom stereocenters. The van der Waals surface area contributed by atoms with Crippen LogP contribution in [0.2, 0.25) is 0 Å². The summed E-state index contributed by atoms with van der Waals surface area (Å²) in [5, 5.41) is 2.01. The Hall–Kier alpha value is -1.13. The number of nitrogens with two attached hydrogens (primary N) is 1. The van der Waals surface area contributed by atoms with Crippen LogP contribution in [0.4, 0.5) is 0 Å². The van der Waals surface area contributed by atoms with Gasteiger partial charge in [0, 0.05) is 0 Å². The molecule has 80 valence electrons. The average Bonchev–Trinajstić information content (AvgIpc) is 2.86. The highest BCUT2D eigenvalue weighted by atomic mass is 32.1. The Morgan fingerprint density at radius 2 is 2.27 bits per heavy atom. The van der Waals surface area contributed by atoms with Gasteiger partial charge in [-0.05, 0) is 17.4 Å². The summed E-state index contributed by atoms with van der Waals surface area (Å²) in [4.78, 5) is 5.30. The molecule has 0 fully saturated rings. The Morgan fingerprint density at radius 1 is 1.47 bits per heavy atom. The summed E-state index contributed by atoms with van der Waals surface area (Å²) >= 11 is 1.63. The highest BCUT2D eigenvalue weighted by Gasteiger charge is 2.17. The van der Waals surface area contributed by atoms with Gasteiger partial charge in [0.25, 0.3) is 0 Å². The van der Waals surface area contributed by atoms with Gasteiger partial charge in [-0.1, -0.05) is 19.9 Å². The van der Waals surface area contributed by atoms with Crippen LogP contribution in [0.3, 0.4) is 0 Å². The van der Waals surface area contributed by atoms with E-state index in [0.717, 1.165) is 10.6 Å². The van der Waals surface area contributed by atoms with Crippen molar-refractivity contribution in [2.45, 2.75) is 19.9 Å². The molecule has 0 radical (unpaired) electrons. The molecule has 4 heteroatoms. The second-order valence-corrected chi connectivity index (χ2v) is 4.76. The van der Waals surface area contributed by atoms with Crippen LogP contribution in [0.25, 0.3) is 10.6 Å². The fourth-order valence-corrected chi connectivity index (χ4v) is 1.93. The van der Waals surface area contributed by atoms with Crippen LogP contribution >= 0.6 is 11.3 Å². The van der Waals surface area contributed by atoms with Gasteiger partial charge in [0.05, 0.1) is 17.1 Å². The average molecular weight is 222 g/mol. The van der Waals surface area contributed by atoms with E-state index in [9.17, 15) is 0 Å². The molecule has 2 rings (SSSR count). The zero-order chi connectivity index (χ0) is 10.8. The lowest BCUT2D eigenvalue weighted by Gasteiger charge is -2.10. The lowest BCUT2D eigenvalue weighted by molar-refractivity contribution is 0.394. The molecular weight excluding hydrogens is 208 g/mol. The Kier molecular flexibility index (Phi) is 2.88. The summed E-state index contributed by atoms with van der Waals surface area (Å²) in [6.45, 7) is 4.11. The number of oxazole rings is 1. The van der Waals surface area contributed by atoms with E-state index in [4.69, 9.17) is 10.2 Å². The van der Waals surface area contributed by atoms with Crippen LogP contribution in [-0.4, -0.2) is 4.98 Å². The third-order valence-corrected chi connectivity index (χ3v) is 3.18. The second kappa shape index (κ2) is 4.16. The molecule has 0 aliphatic rings. The molecule has 0 bridgehead atoms. The first-order valence-electron chi connectivity index (χ1n) is 4.93. The third-order valence-electron chi connectivity index (χ3n) is 2.29. The van der Waals surface area contributed by atoms with E-state index in [2.05, 4.69) is 18.8 Å². The summed E-state index contributed by atoms with van der Waals surface area (Å²) in [6.07, 6.45) is 1.74. The molecular formula is C11H14N2OS. The predicted octanol–water partition coefficient (Wildman–Crippen LogP) is 3.06. The Morgan fingerprint density at radius 3 is 2.87 bits per heavy atom. The third kappa shape index (κ3) is 2.11. The fourth-order valence-electron chi connectivity index (χ4n) is 1.26. The highest BCUT2D eigenvalue weighted by Crippen LogP contribution is 2.28. The van der Waals surface area contributed by atoms with Crippen molar-refractivity contribution >= 4 is 11.3 Å². The molecule has 3 nitrogen and oxygen atoms in total. The van der Waals surface area contributed by atoms with Gasteiger partial charge >= 0.3 is 0 Å². The maximum absolute atomic E-state index is 5.95. The minimum atomic E-state index is -0.126. The SMILES string of the molecule is CC(C)C(N)c1ncc(-c2cccs2)o1.